The number of esters is 2. The van der Waals surface area contributed by atoms with Gasteiger partial charge in [-0.25, -0.2) is 14.6 Å². The molecule has 0 radical (unpaired) electrons. The van der Waals surface area contributed by atoms with Crippen LogP contribution in [0.3, 0.4) is 0 Å². The van der Waals surface area contributed by atoms with Crippen LogP contribution in [-0.2, 0) is 19.1 Å². The Balaban J connectivity index is 0.00000289. The van der Waals surface area contributed by atoms with Gasteiger partial charge < -0.3 is 14.0 Å². The summed E-state index contributed by atoms with van der Waals surface area (Å²) in [7, 11) is 0. The molecule has 0 N–H and O–H groups in total. The van der Waals surface area contributed by atoms with Crippen molar-refractivity contribution in [2.75, 3.05) is 13.2 Å². The van der Waals surface area contributed by atoms with Crippen molar-refractivity contribution >= 4 is 24.3 Å². The van der Waals surface area contributed by atoms with Crippen LogP contribution in [0.4, 0.5) is 0 Å². The number of carbonyl (C=O) groups is 2. The van der Waals surface area contributed by atoms with E-state index in [-0.39, 0.29) is 25.6 Å². The van der Waals surface area contributed by atoms with Crippen LogP contribution in [0.1, 0.15) is 13.0 Å². The Morgan fingerprint density at radius 1 is 1.44 bits per heavy atom. The first-order valence-electron chi connectivity index (χ1n) is 5.12. The zero-order valence-electron chi connectivity index (χ0n) is 9.94. The topological polar surface area (TPSA) is 70.4 Å². The van der Waals surface area contributed by atoms with Gasteiger partial charge in [-0.1, -0.05) is 12.7 Å². The maximum atomic E-state index is 11.7. The molecule has 0 aliphatic carbocycles. The second-order valence-corrected chi connectivity index (χ2v) is 3.08. The minimum absolute atomic E-state index is 0. The van der Waals surface area contributed by atoms with Crippen molar-refractivity contribution in [2.45, 2.75) is 13.0 Å². The monoisotopic (exact) mass is 274 g/mol. The van der Waals surface area contributed by atoms with Crippen LogP contribution in [0, 0.1) is 0 Å². The summed E-state index contributed by atoms with van der Waals surface area (Å²) in [6.07, 6.45) is 5.74. The molecule has 0 bridgehead atoms. The van der Waals surface area contributed by atoms with Gasteiger partial charge in [0.25, 0.3) is 0 Å². The molecule has 1 atom stereocenters. The number of nitrogens with zero attached hydrogens (tertiary/aromatic N) is 2. The summed E-state index contributed by atoms with van der Waals surface area (Å²) in [4.78, 5) is 27.1. The molecule has 100 valence electrons. The highest BCUT2D eigenvalue weighted by Crippen LogP contribution is 2.11. The minimum Gasteiger partial charge on any atom is -0.464 e. The van der Waals surface area contributed by atoms with Crippen LogP contribution in [0.25, 0.3) is 0 Å². The van der Waals surface area contributed by atoms with Gasteiger partial charge in [0, 0.05) is 12.4 Å². The van der Waals surface area contributed by atoms with Crippen molar-refractivity contribution in [3.05, 3.63) is 31.4 Å². The smallest absolute Gasteiger partial charge is 0.341 e. The molecule has 0 amide bonds. The van der Waals surface area contributed by atoms with E-state index >= 15 is 0 Å². The van der Waals surface area contributed by atoms with E-state index < -0.39 is 18.0 Å². The van der Waals surface area contributed by atoms with E-state index in [0.717, 1.165) is 0 Å². The fourth-order valence-electron chi connectivity index (χ4n) is 1.20. The van der Waals surface area contributed by atoms with E-state index in [4.69, 9.17) is 9.47 Å². The number of ether oxygens (including phenoxy) is 2. The normalized spacial score (nSPS) is 10.9. The molecule has 0 aliphatic heterocycles. The first-order valence-corrected chi connectivity index (χ1v) is 5.12. The molecule has 1 aromatic rings. The van der Waals surface area contributed by atoms with Crippen LogP contribution in [0.2, 0.25) is 0 Å². The average Bonchev–Trinajstić information content (AvgIpc) is 2.80. The van der Waals surface area contributed by atoms with Crippen LogP contribution in [0.5, 0.6) is 0 Å². The Morgan fingerprint density at radius 2 is 2.11 bits per heavy atom. The molecule has 0 aromatic carbocycles. The largest absolute Gasteiger partial charge is 0.464 e. The van der Waals surface area contributed by atoms with E-state index in [1.54, 1.807) is 6.92 Å². The fraction of sp³-hybridized carbons (Fsp3) is 0.364. The Bertz CT molecular complexity index is 392. The molecule has 0 fully saturated rings. The highest BCUT2D eigenvalue weighted by Gasteiger charge is 2.30. The second-order valence-electron chi connectivity index (χ2n) is 3.08. The molecule has 1 heterocycles. The summed E-state index contributed by atoms with van der Waals surface area (Å²) in [5, 5.41) is 0. The van der Waals surface area contributed by atoms with Gasteiger partial charge in [0.2, 0.25) is 6.04 Å². The number of hydrogen-bond donors (Lipinski definition) is 0. The van der Waals surface area contributed by atoms with E-state index in [2.05, 4.69) is 11.6 Å². The van der Waals surface area contributed by atoms with E-state index in [1.165, 1.54) is 29.4 Å². The molecule has 0 aliphatic rings. The third-order valence-electron chi connectivity index (χ3n) is 1.90. The Hall–Kier alpha value is -1.82. The second kappa shape index (κ2) is 8.30. The standard InChI is InChI=1S/C11H14N2O4.ClH/c1-3-7-17-11(15)9(10(14)16-4-2)13-6-5-12-8-13;/h3,5-6,8-9H,1,4,7H2,2H3;1H. The fourth-order valence-corrected chi connectivity index (χ4v) is 1.20. The molecule has 6 nitrogen and oxygen atoms in total. The molecule has 7 heteroatoms. The van der Waals surface area contributed by atoms with Crippen LogP contribution in [-0.4, -0.2) is 34.7 Å². The lowest BCUT2D eigenvalue weighted by Gasteiger charge is -2.15. The van der Waals surface area contributed by atoms with Crippen molar-refractivity contribution in [1.29, 1.82) is 0 Å². The van der Waals surface area contributed by atoms with E-state index in [0.29, 0.717) is 0 Å². The van der Waals surface area contributed by atoms with Crippen molar-refractivity contribution < 1.29 is 19.1 Å². The predicted molar refractivity (Wildman–Crippen MR) is 66.3 cm³/mol. The summed E-state index contributed by atoms with van der Waals surface area (Å²) in [6, 6.07) is -1.16. The lowest BCUT2D eigenvalue weighted by atomic mass is 10.3. The predicted octanol–water partition coefficient (Wildman–Crippen LogP) is 1.14. The van der Waals surface area contributed by atoms with Gasteiger partial charge in [0.15, 0.2) is 0 Å². The molecule has 1 rings (SSSR count). The maximum Gasteiger partial charge on any atom is 0.341 e. The Morgan fingerprint density at radius 3 is 2.61 bits per heavy atom. The number of aromatic nitrogens is 2. The molecule has 1 unspecified atom stereocenters. The Labute approximate surface area is 111 Å². The van der Waals surface area contributed by atoms with Gasteiger partial charge in [0.05, 0.1) is 12.9 Å². The van der Waals surface area contributed by atoms with Gasteiger partial charge in [-0.15, -0.1) is 12.4 Å². The van der Waals surface area contributed by atoms with E-state index in [1.807, 2.05) is 0 Å². The highest BCUT2D eigenvalue weighted by molar-refractivity contribution is 5.97. The van der Waals surface area contributed by atoms with Crippen molar-refractivity contribution in [3.63, 3.8) is 0 Å². The van der Waals surface area contributed by atoms with Gasteiger partial charge in [-0.3, -0.25) is 0 Å². The third-order valence-corrected chi connectivity index (χ3v) is 1.90. The summed E-state index contributed by atoms with van der Waals surface area (Å²) in [5.41, 5.74) is 0. The maximum absolute atomic E-state index is 11.7. The molecule has 1 aromatic heterocycles. The molecule has 0 saturated heterocycles. The first-order chi connectivity index (χ1) is 8.20. The molecule has 0 saturated carbocycles. The van der Waals surface area contributed by atoms with Gasteiger partial charge >= 0.3 is 11.9 Å². The quantitative estimate of drug-likeness (QED) is 0.442. The molecular formula is C11H15ClN2O4. The summed E-state index contributed by atoms with van der Waals surface area (Å²) in [6.45, 7) is 5.33. The Kier molecular flexibility index (Phi) is 7.46. The lowest BCUT2D eigenvalue weighted by molar-refractivity contribution is -0.159. The van der Waals surface area contributed by atoms with Crippen LogP contribution < -0.4 is 0 Å². The van der Waals surface area contributed by atoms with Crippen LogP contribution >= 0.6 is 12.4 Å². The first kappa shape index (κ1) is 16.2. The molecular weight excluding hydrogens is 260 g/mol. The number of halogens is 1. The number of rotatable bonds is 6. The molecule has 0 spiro atoms. The summed E-state index contributed by atoms with van der Waals surface area (Å²) >= 11 is 0. The van der Waals surface area contributed by atoms with Crippen molar-refractivity contribution in [3.8, 4) is 0 Å². The van der Waals surface area contributed by atoms with Gasteiger partial charge in [-0.2, -0.15) is 0 Å². The third kappa shape index (κ3) is 4.21. The lowest BCUT2D eigenvalue weighted by Crippen LogP contribution is -2.30. The number of imidazole rings is 1. The zero-order chi connectivity index (χ0) is 12.7. The number of hydrogen-bond acceptors (Lipinski definition) is 5. The van der Waals surface area contributed by atoms with Crippen molar-refractivity contribution in [1.82, 2.24) is 9.55 Å². The minimum atomic E-state index is -1.16. The van der Waals surface area contributed by atoms with Gasteiger partial charge in [0.1, 0.15) is 6.61 Å². The SMILES string of the molecule is C=CCOC(=O)C(C(=O)OCC)n1ccnc1.Cl. The zero-order valence-corrected chi connectivity index (χ0v) is 10.8. The van der Waals surface area contributed by atoms with Crippen LogP contribution in [0.15, 0.2) is 31.4 Å². The summed E-state index contributed by atoms with van der Waals surface area (Å²) < 4.78 is 11.0. The average molecular weight is 275 g/mol. The number of carbonyl (C=O) groups excluding carboxylic acids is 2. The highest BCUT2D eigenvalue weighted by atomic mass is 35.5. The van der Waals surface area contributed by atoms with Crippen molar-refractivity contribution in [2.24, 2.45) is 0 Å². The van der Waals surface area contributed by atoms with E-state index in [9.17, 15) is 9.59 Å². The molecule has 18 heavy (non-hydrogen) atoms. The summed E-state index contributed by atoms with van der Waals surface area (Å²) in [5.74, 6) is -1.36. The van der Waals surface area contributed by atoms with Gasteiger partial charge in [-0.05, 0) is 6.92 Å².